The summed E-state index contributed by atoms with van der Waals surface area (Å²) in [6.07, 6.45) is 2.45. The highest BCUT2D eigenvalue weighted by Gasteiger charge is 2.60. The molecule has 6 aromatic rings. The highest BCUT2D eigenvalue weighted by atomic mass is 15.3. The van der Waals surface area contributed by atoms with Crippen LogP contribution in [0.4, 0.5) is 11.4 Å². The molecule has 2 unspecified atom stereocenters. The van der Waals surface area contributed by atoms with Gasteiger partial charge in [-0.05, 0) is 106 Å². The van der Waals surface area contributed by atoms with Crippen molar-refractivity contribution in [2.24, 2.45) is 5.41 Å². The van der Waals surface area contributed by atoms with Gasteiger partial charge in [0.1, 0.15) is 0 Å². The quantitative estimate of drug-likeness (QED) is 0.196. The van der Waals surface area contributed by atoms with Crippen molar-refractivity contribution in [3.05, 3.63) is 179 Å². The summed E-state index contributed by atoms with van der Waals surface area (Å²) in [7, 11) is 0. The second kappa shape index (κ2) is 9.81. The minimum Gasteiger partial charge on any atom is -0.334 e. The largest absolute Gasteiger partial charge is 0.334 e. The number of benzene rings is 6. The Kier molecular flexibility index (Phi) is 5.85. The van der Waals surface area contributed by atoms with Crippen LogP contribution >= 0.6 is 0 Å². The van der Waals surface area contributed by atoms with Gasteiger partial charge in [-0.1, -0.05) is 135 Å². The zero-order valence-electron chi connectivity index (χ0n) is 26.9. The van der Waals surface area contributed by atoms with Crippen LogP contribution in [0.3, 0.4) is 0 Å². The number of rotatable bonds is 4. The maximum Gasteiger partial charge on any atom is 0.0713 e. The Hall–Kier alpha value is -4.88. The zero-order valence-corrected chi connectivity index (χ0v) is 26.9. The lowest BCUT2D eigenvalue weighted by Crippen LogP contribution is -2.50. The Morgan fingerprint density at radius 3 is 1.80 bits per heavy atom. The van der Waals surface area contributed by atoms with Crippen LogP contribution in [0.5, 0.6) is 0 Å². The molecule has 0 N–H and O–H groups in total. The van der Waals surface area contributed by atoms with Crippen LogP contribution in [0.25, 0.3) is 22.3 Å². The van der Waals surface area contributed by atoms with Crippen molar-refractivity contribution in [3.8, 4) is 22.3 Å². The summed E-state index contributed by atoms with van der Waals surface area (Å²) in [6, 6.07) is 56.8. The third-order valence-electron chi connectivity index (χ3n) is 12.0. The first-order valence-electron chi connectivity index (χ1n) is 16.8. The Balaban J connectivity index is 1.25. The van der Waals surface area contributed by atoms with Gasteiger partial charge in [0.25, 0.3) is 0 Å². The number of hydrogen-bond acceptors (Lipinski definition) is 1. The molecule has 1 heterocycles. The minimum absolute atomic E-state index is 0.0185. The molecule has 1 heteroatoms. The summed E-state index contributed by atoms with van der Waals surface area (Å²) in [6.45, 7) is 7.46. The second-order valence-electron chi connectivity index (χ2n) is 14.4. The van der Waals surface area contributed by atoms with Gasteiger partial charge in [0, 0.05) is 17.3 Å². The van der Waals surface area contributed by atoms with Crippen molar-refractivity contribution in [2.75, 3.05) is 4.90 Å². The Morgan fingerprint density at radius 2 is 1.11 bits per heavy atom. The van der Waals surface area contributed by atoms with Gasteiger partial charge in [-0.3, -0.25) is 0 Å². The third-order valence-corrected chi connectivity index (χ3v) is 12.0. The lowest BCUT2D eigenvalue weighted by atomic mass is 9.67. The van der Waals surface area contributed by atoms with Crippen LogP contribution in [0.15, 0.2) is 152 Å². The molecular formula is C45H39N. The molecule has 1 aliphatic heterocycles. The molecule has 1 nitrogen and oxygen atoms in total. The first-order valence-corrected chi connectivity index (χ1v) is 16.8. The summed E-state index contributed by atoms with van der Waals surface area (Å²) in [5.74, 6) is 0.490. The molecule has 2 atom stereocenters. The lowest BCUT2D eigenvalue weighted by Gasteiger charge is -2.47. The molecule has 9 rings (SSSR count). The van der Waals surface area contributed by atoms with Crippen molar-refractivity contribution >= 4 is 11.4 Å². The predicted octanol–water partition coefficient (Wildman–Crippen LogP) is 11.5. The summed E-state index contributed by atoms with van der Waals surface area (Å²) < 4.78 is 0. The molecule has 0 spiro atoms. The van der Waals surface area contributed by atoms with E-state index >= 15 is 0 Å². The van der Waals surface area contributed by atoms with Crippen LogP contribution in [0.1, 0.15) is 67.3 Å². The van der Waals surface area contributed by atoms with E-state index in [1.165, 1.54) is 74.3 Å². The van der Waals surface area contributed by atoms with Crippen molar-refractivity contribution in [3.63, 3.8) is 0 Å². The maximum atomic E-state index is 2.67. The third kappa shape index (κ3) is 3.52. The Bertz CT molecular complexity index is 2050. The zero-order chi connectivity index (χ0) is 31.1. The summed E-state index contributed by atoms with van der Waals surface area (Å²) >= 11 is 0. The van der Waals surface area contributed by atoms with E-state index in [0.29, 0.717) is 5.92 Å². The van der Waals surface area contributed by atoms with Gasteiger partial charge in [-0.2, -0.15) is 0 Å². The normalized spacial score (nSPS) is 21.4. The van der Waals surface area contributed by atoms with Gasteiger partial charge in [-0.15, -0.1) is 0 Å². The number of nitrogens with zero attached hydrogens (tertiary/aromatic N) is 1. The fourth-order valence-electron chi connectivity index (χ4n) is 9.50. The fraction of sp³-hybridized carbons (Fsp3) is 0.200. The Labute approximate surface area is 273 Å². The topological polar surface area (TPSA) is 3.24 Å². The van der Waals surface area contributed by atoms with Gasteiger partial charge in [-0.25, -0.2) is 0 Å². The summed E-state index contributed by atoms with van der Waals surface area (Å²) in [4.78, 5) is 2.67. The minimum atomic E-state index is -0.390. The number of hydrogen-bond donors (Lipinski definition) is 0. The van der Waals surface area contributed by atoms with Crippen LogP contribution in [0.2, 0.25) is 0 Å². The highest BCUT2D eigenvalue weighted by Crippen LogP contribution is 2.66. The van der Waals surface area contributed by atoms with Crippen LogP contribution in [-0.2, 0) is 5.41 Å². The molecule has 0 aromatic heterocycles. The van der Waals surface area contributed by atoms with E-state index in [1.54, 1.807) is 0 Å². The van der Waals surface area contributed by atoms with Crippen molar-refractivity contribution in [1.29, 1.82) is 0 Å². The second-order valence-corrected chi connectivity index (χ2v) is 14.4. The van der Waals surface area contributed by atoms with E-state index in [2.05, 4.69) is 177 Å². The van der Waals surface area contributed by atoms with E-state index in [-0.39, 0.29) is 16.4 Å². The molecule has 1 saturated carbocycles. The average Bonchev–Trinajstić information content (AvgIpc) is 3.64. The van der Waals surface area contributed by atoms with Crippen LogP contribution in [0, 0.1) is 5.41 Å². The average molecular weight is 594 g/mol. The molecule has 3 aliphatic rings. The smallest absolute Gasteiger partial charge is 0.0713 e. The van der Waals surface area contributed by atoms with Crippen LogP contribution in [-0.4, -0.2) is 5.54 Å². The predicted molar refractivity (Wildman–Crippen MR) is 192 cm³/mol. The standard InChI is InChI=1S/C45H39N/c1-43(2)28-27-39-38-29-31(24-26-42(38)46(44(39,43)3)35-19-11-6-12-20-35)32-23-25-37-36-21-13-14-22-40(36)45(41(37)30-32,33-15-7-4-8-16-33)34-17-9-5-10-18-34/h4-26,29-30,39H,27-28H2,1-3H3. The molecule has 0 radical (unpaired) electrons. The molecule has 0 amide bonds. The molecule has 46 heavy (non-hydrogen) atoms. The number of anilines is 2. The van der Waals surface area contributed by atoms with E-state index in [0.717, 1.165) is 0 Å². The molecule has 1 fully saturated rings. The van der Waals surface area contributed by atoms with Gasteiger partial charge < -0.3 is 4.90 Å². The number of para-hydroxylation sites is 1. The summed E-state index contributed by atoms with van der Waals surface area (Å²) in [5, 5.41) is 0. The molecule has 2 aliphatic carbocycles. The van der Waals surface area contributed by atoms with Crippen molar-refractivity contribution < 1.29 is 0 Å². The molecular weight excluding hydrogens is 555 g/mol. The fourth-order valence-corrected chi connectivity index (χ4v) is 9.50. The lowest BCUT2D eigenvalue weighted by molar-refractivity contribution is 0.222. The SMILES string of the molecule is CC1(C)CCC2c3cc(-c4ccc5c(c4)C(c4ccccc4)(c4ccccc4)c4ccccc4-5)ccc3N(c3ccccc3)C21C. The molecule has 0 saturated heterocycles. The van der Waals surface area contributed by atoms with Gasteiger partial charge in [0.2, 0.25) is 0 Å². The molecule has 0 bridgehead atoms. The first-order chi connectivity index (χ1) is 22.4. The van der Waals surface area contributed by atoms with E-state index in [1.807, 2.05) is 0 Å². The molecule has 6 aromatic carbocycles. The maximum absolute atomic E-state index is 2.67. The van der Waals surface area contributed by atoms with Crippen molar-refractivity contribution in [2.45, 2.75) is 50.5 Å². The van der Waals surface area contributed by atoms with Crippen molar-refractivity contribution in [1.82, 2.24) is 0 Å². The van der Waals surface area contributed by atoms with E-state index < -0.39 is 0 Å². The monoisotopic (exact) mass is 593 g/mol. The first kappa shape index (κ1) is 27.4. The van der Waals surface area contributed by atoms with E-state index in [4.69, 9.17) is 0 Å². The molecule has 224 valence electrons. The highest BCUT2D eigenvalue weighted by molar-refractivity contribution is 5.89. The van der Waals surface area contributed by atoms with E-state index in [9.17, 15) is 0 Å². The van der Waals surface area contributed by atoms with Gasteiger partial charge >= 0.3 is 0 Å². The Morgan fingerprint density at radius 1 is 0.543 bits per heavy atom. The summed E-state index contributed by atoms with van der Waals surface area (Å²) in [5.41, 5.74) is 14.5. The van der Waals surface area contributed by atoms with Crippen LogP contribution < -0.4 is 4.90 Å². The number of fused-ring (bicyclic) bond motifs is 6. The van der Waals surface area contributed by atoms with Gasteiger partial charge in [0.05, 0.1) is 11.0 Å². The van der Waals surface area contributed by atoms with Gasteiger partial charge in [0.15, 0.2) is 0 Å².